The van der Waals surface area contributed by atoms with Gasteiger partial charge in [0.05, 0.1) is 0 Å². The van der Waals surface area contributed by atoms with Crippen LogP contribution in [0.1, 0.15) is 40.3 Å². The van der Waals surface area contributed by atoms with Crippen LogP contribution < -0.4 is 15.5 Å². The Morgan fingerprint density at radius 2 is 1.62 bits per heavy atom. The van der Waals surface area contributed by atoms with Crippen LogP contribution in [0.25, 0.3) is 0 Å². The van der Waals surface area contributed by atoms with Gasteiger partial charge >= 0.3 is 0 Å². The van der Waals surface area contributed by atoms with Crippen LogP contribution in [-0.2, 0) is 12.8 Å². The fraction of sp³-hybridized carbons (Fsp3) is 0.450. The van der Waals surface area contributed by atoms with Crippen molar-refractivity contribution in [3.8, 4) is 0 Å². The quantitative estimate of drug-likeness (QED) is 0.916. The summed E-state index contributed by atoms with van der Waals surface area (Å²) in [7, 11) is 0. The summed E-state index contributed by atoms with van der Waals surface area (Å²) in [5.41, 5.74) is 9.62. The van der Waals surface area contributed by atoms with E-state index in [0.717, 1.165) is 56.4 Å². The maximum absolute atomic E-state index is 11.2. The number of benzene rings is 1. The first-order valence-corrected chi connectivity index (χ1v) is 9.38. The van der Waals surface area contributed by atoms with Gasteiger partial charge in [0.2, 0.25) is 5.91 Å². The molecule has 6 nitrogen and oxygen atoms in total. The van der Waals surface area contributed by atoms with Crippen molar-refractivity contribution in [1.82, 2.24) is 9.97 Å². The highest BCUT2D eigenvalue weighted by Crippen LogP contribution is 2.29. The molecular formula is C20H25N5O. The molecule has 1 aromatic heterocycles. The summed E-state index contributed by atoms with van der Waals surface area (Å²) >= 11 is 0. The van der Waals surface area contributed by atoms with Gasteiger partial charge in [-0.1, -0.05) is 0 Å². The van der Waals surface area contributed by atoms with E-state index in [4.69, 9.17) is 10.7 Å². The molecule has 1 amide bonds. The van der Waals surface area contributed by atoms with Crippen molar-refractivity contribution in [3.05, 3.63) is 46.9 Å². The van der Waals surface area contributed by atoms with Crippen molar-refractivity contribution >= 4 is 17.4 Å². The lowest BCUT2D eigenvalue weighted by molar-refractivity contribution is 0.100. The number of piperazine rings is 1. The van der Waals surface area contributed by atoms with E-state index >= 15 is 0 Å². The minimum Gasteiger partial charge on any atom is -0.368 e. The third kappa shape index (κ3) is 3.23. The van der Waals surface area contributed by atoms with Crippen molar-refractivity contribution in [2.24, 2.45) is 5.73 Å². The number of fused-ring (bicyclic) bond motifs is 1. The predicted octanol–water partition coefficient (Wildman–Crippen LogP) is 2.09. The number of primary amides is 1. The van der Waals surface area contributed by atoms with Gasteiger partial charge in [-0.25, -0.2) is 9.97 Å². The summed E-state index contributed by atoms with van der Waals surface area (Å²) in [4.78, 5) is 25.4. The van der Waals surface area contributed by atoms with Gasteiger partial charge in [0.25, 0.3) is 0 Å². The summed E-state index contributed by atoms with van der Waals surface area (Å²) < 4.78 is 0. The van der Waals surface area contributed by atoms with Gasteiger partial charge in [0.15, 0.2) is 0 Å². The first-order valence-electron chi connectivity index (χ1n) is 9.38. The lowest BCUT2D eigenvalue weighted by atomic mass is 9.96. The van der Waals surface area contributed by atoms with Crippen LogP contribution >= 0.6 is 0 Å². The van der Waals surface area contributed by atoms with Gasteiger partial charge in [0, 0.05) is 48.7 Å². The first kappa shape index (κ1) is 16.8. The molecular weight excluding hydrogens is 326 g/mol. The Labute approximate surface area is 154 Å². The number of carbonyl (C=O) groups is 1. The average molecular weight is 351 g/mol. The number of anilines is 2. The van der Waals surface area contributed by atoms with Crippen LogP contribution in [-0.4, -0.2) is 42.1 Å². The maximum atomic E-state index is 11.2. The molecule has 26 heavy (non-hydrogen) atoms. The fourth-order valence-corrected chi connectivity index (χ4v) is 3.97. The van der Waals surface area contributed by atoms with E-state index in [1.165, 1.54) is 24.1 Å². The highest BCUT2D eigenvalue weighted by molar-refractivity contribution is 5.93. The average Bonchev–Trinajstić information content (AvgIpc) is 2.67. The Morgan fingerprint density at radius 3 is 2.31 bits per heavy atom. The summed E-state index contributed by atoms with van der Waals surface area (Å²) in [6.45, 7) is 5.76. The normalized spacial score (nSPS) is 17.1. The second-order valence-corrected chi connectivity index (χ2v) is 7.11. The molecule has 1 aliphatic carbocycles. The number of hydrogen-bond acceptors (Lipinski definition) is 5. The molecule has 1 aromatic carbocycles. The number of hydrogen-bond donors (Lipinski definition) is 1. The SMILES string of the molecule is Cc1nc2c(c(N3CCN(c4ccc(C(N)=O)cc4)CC3)n1)CCCC2. The van der Waals surface area contributed by atoms with Gasteiger partial charge in [0.1, 0.15) is 11.6 Å². The summed E-state index contributed by atoms with van der Waals surface area (Å²) in [5.74, 6) is 1.64. The molecule has 0 atom stereocenters. The Balaban J connectivity index is 1.49. The van der Waals surface area contributed by atoms with E-state index in [1.54, 1.807) is 12.1 Å². The molecule has 0 spiro atoms. The number of rotatable bonds is 3. The van der Waals surface area contributed by atoms with Crippen molar-refractivity contribution < 1.29 is 4.79 Å². The number of nitrogens with zero attached hydrogens (tertiary/aromatic N) is 4. The fourth-order valence-electron chi connectivity index (χ4n) is 3.97. The highest BCUT2D eigenvalue weighted by Gasteiger charge is 2.24. The minimum atomic E-state index is -0.384. The molecule has 4 rings (SSSR count). The second kappa shape index (κ2) is 6.94. The molecule has 6 heteroatoms. The number of amides is 1. The van der Waals surface area contributed by atoms with E-state index < -0.39 is 0 Å². The first-order chi connectivity index (χ1) is 12.6. The van der Waals surface area contributed by atoms with Crippen LogP contribution in [0.5, 0.6) is 0 Å². The number of carbonyl (C=O) groups excluding carboxylic acids is 1. The molecule has 2 aromatic rings. The largest absolute Gasteiger partial charge is 0.368 e. The topological polar surface area (TPSA) is 75.3 Å². The molecule has 1 fully saturated rings. The van der Waals surface area contributed by atoms with Gasteiger partial charge in [-0.15, -0.1) is 0 Å². The molecule has 0 unspecified atom stereocenters. The predicted molar refractivity (Wildman–Crippen MR) is 103 cm³/mol. The molecule has 2 N–H and O–H groups in total. The number of aryl methyl sites for hydroxylation is 2. The summed E-state index contributed by atoms with van der Waals surface area (Å²) in [6.07, 6.45) is 4.65. The van der Waals surface area contributed by atoms with Crippen molar-refractivity contribution in [3.63, 3.8) is 0 Å². The molecule has 0 saturated carbocycles. The van der Waals surface area contributed by atoms with E-state index in [-0.39, 0.29) is 5.91 Å². The van der Waals surface area contributed by atoms with Crippen LogP contribution in [0.4, 0.5) is 11.5 Å². The van der Waals surface area contributed by atoms with E-state index in [1.807, 2.05) is 19.1 Å². The number of nitrogens with two attached hydrogens (primary N) is 1. The molecule has 1 saturated heterocycles. The Hall–Kier alpha value is -2.63. The highest BCUT2D eigenvalue weighted by atomic mass is 16.1. The summed E-state index contributed by atoms with van der Waals surface area (Å²) in [5, 5.41) is 0. The van der Waals surface area contributed by atoms with E-state index in [2.05, 4.69) is 14.8 Å². The summed E-state index contributed by atoms with van der Waals surface area (Å²) in [6, 6.07) is 7.56. The van der Waals surface area contributed by atoms with Crippen LogP contribution in [0.3, 0.4) is 0 Å². The molecule has 2 heterocycles. The molecule has 0 radical (unpaired) electrons. The Kier molecular flexibility index (Phi) is 4.49. The van der Waals surface area contributed by atoms with Gasteiger partial charge in [-0.3, -0.25) is 4.79 Å². The molecule has 1 aliphatic heterocycles. The van der Waals surface area contributed by atoms with Gasteiger partial charge in [-0.2, -0.15) is 0 Å². The third-order valence-electron chi connectivity index (χ3n) is 5.37. The zero-order valence-corrected chi connectivity index (χ0v) is 15.2. The third-order valence-corrected chi connectivity index (χ3v) is 5.37. The maximum Gasteiger partial charge on any atom is 0.248 e. The monoisotopic (exact) mass is 351 g/mol. The molecule has 2 aliphatic rings. The van der Waals surface area contributed by atoms with Crippen LogP contribution in [0, 0.1) is 6.92 Å². The molecule has 0 bridgehead atoms. The van der Waals surface area contributed by atoms with E-state index in [9.17, 15) is 4.79 Å². The number of aromatic nitrogens is 2. The standard InChI is InChI=1S/C20H25N5O/c1-14-22-18-5-3-2-4-17(18)20(23-14)25-12-10-24(11-13-25)16-8-6-15(7-9-16)19(21)26/h6-9H,2-5,10-13H2,1H3,(H2,21,26). The van der Waals surface area contributed by atoms with Crippen molar-refractivity contribution in [2.45, 2.75) is 32.6 Å². The van der Waals surface area contributed by atoms with Crippen LogP contribution in [0.2, 0.25) is 0 Å². The zero-order chi connectivity index (χ0) is 18.1. The Morgan fingerprint density at radius 1 is 0.962 bits per heavy atom. The minimum absolute atomic E-state index is 0.384. The van der Waals surface area contributed by atoms with Gasteiger partial charge < -0.3 is 15.5 Å². The Bertz CT molecular complexity index is 810. The zero-order valence-electron chi connectivity index (χ0n) is 15.2. The molecule has 136 valence electrons. The van der Waals surface area contributed by atoms with E-state index in [0.29, 0.717) is 5.56 Å². The van der Waals surface area contributed by atoms with Crippen molar-refractivity contribution in [1.29, 1.82) is 0 Å². The lowest BCUT2D eigenvalue weighted by Crippen LogP contribution is -2.47. The van der Waals surface area contributed by atoms with Crippen molar-refractivity contribution in [2.75, 3.05) is 36.0 Å². The van der Waals surface area contributed by atoms with Crippen LogP contribution in [0.15, 0.2) is 24.3 Å². The van der Waals surface area contributed by atoms with Gasteiger partial charge in [-0.05, 0) is 56.9 Å². The smallest absolute Gasteiger partial charge is 0.248 e. The lowest BCUT2D eigenvalue weighted by Gasteiger charge is -2.38. The second-order valence-electron chi connectivity index (χ2n) is 7.11.